The topological polar surface area (TPSA) is 41.7 Å². The van der Waals surface area contributed by atoms with Crippen molar-refractivity contribution in [2.45, 2.75) is 6.04 Å². The monoisotopic (exact) mass is 299 g/mol. The summed E-state index contributed by atoms with van der Waals surface area (Å²) in [6, 6.07) is 12.9. The molecule has 3 rings (SSSR count). The molecule has 4 heteroatoms. The summed E-state index contributed by atoms with van der Waals surface area (Å²) >= 11 is 0. The van der Waals surface area contributed by atoms with Crippen molar-refractivity contribution in [2.75, 3.05) is 46.9 Å². The molecule has 1 heterocycles. The Labute approximate surface area is 132 Å². The number of piperazine rings is 1. The molecule has 118 valence electrons. The third-order valence-corrected chi connectivity index (χ3v) is 4.69. The first-order chi connectivity index (χ1) is 10.7. The van der Waals surface area contributed by atoms with Gasteiger partial charge in [-0.05, 0) is 23.9 Å². The van der Waals surface area contributed by atoms with Gasteiger partial charge in [0.05, 0.1) is 13.2 Å². The van der Waals surface area contributed by atoms with Crippen molar-refractivity contribution >= 4 is 10.8 Å². The maximum Gasteiger partial charge on any atom is 0.124 e. The summed E-state index contributed by atoms with van der Waals surface area (Å²) in [6.45, 7) is 4.87. The molecule has 0 radical (unpaired) electrons. The van der Waals surface area contributed by atoms with Crippen molar-refractivity contribution in [2.24, 2.45) is 5.73 Å². The Kier molecular flexibility index (Phi) is 4.62. The lowest BCUT2D eigenvalue weighted by molar-refractivity contribution is 0.114. The standard InChI is InChI=1S/C18H25N3O/c1-20-9-11-21(12-10-20)16(13-19)18-15-6-4-3-5-14(15)7-8-17(18)22-2/h3-8,16H,9-13,19H2,1-2H3. The highest BCUT2D eigenvalue weighted by molar-refractivity contribution is 5.88. The SMILES string of the molecule is COc1ccc2ccccc2c1C(CN)N1CCN(C)CC1. The number of ether oxygens (including phenoxy) is 1. The molecule has 2 N–H and O–H groups in total. The van der Waals surface area contributed by atoms with Crippen molar-refractivity contribution < 1.29 is 4.74 Å². The minimum atomic E-state index is 0.203. The average Bonchev–Trinajstić information content (AvgIpc) is 2.57. The highest BCUT2D eigenvalue weighted by atomic mass is 16.5. The molecule has 22 heavy (non-hydrogen) atoms. The van der Waals surface area contributed by atoms with Crippen molar-refractivity contribution in [1.29, 1.82) is 0 Å². The first-order valence-electron chi connectivity index (χ1n) is 7.93. The maximum atomic E-state index is 6.17. The predicted molar refractivity (Wildman–Crippen MR) is 91.4 cm³/mol. The highest BCUT2D eigenvalue weighted by Crippen LogP contribution is 2.35. The molecule has 1 fully saturated rings. The van der Waals surface area contributed by atoms with Crippen LogP contribution in [0.1, 0.15) is 11.6 Å². The van der Waals surface area contributed by atoms with Crippen LogP contribution in [-0.4, -0.2) is 56.7 Å². The van der Waals surface area contributed by atoms with Crippen LogP contribution < -0.4 is 10.5 Å². The normalized spacial score (nSPS) is 18.5. The highest BCUT2D eigenvalue weighted by Gasteiger charge is 2.26. The molecule has 2 aromatic rings. The minimum absolute atomic E-state index is 0.203. The van der Waals surface area contributed by atoms with E-state index < -0.39 is 0 Å². The van der Waals surface area contributed by atoms with E-state index in [-0.39, 0.29) is 6.04 Å². The second kappa shape index (κ2) is 6.65. The number of rotatable bonds is 4. The van der Waals surface area contributed by atoms with Gasteiger partial charge in [0, 0.05) is 38.3 Å². The molecule has 1 saturated heterocycles. The van der Waals surface area contributed by atoms with E-state index in [1.54, 1.807) is 7.11 Å². The van der Waals surface area contributed by atoms with Crippen LogP contribution in [0.5, 0.6) is 5.75 Å². The van der Waals surface area contributed by atoms with Gasteiger partial charge >= 0.3 is 0 Å². The fraction of sp³-hybridized carbons (Fsp3) is 0.444. The summed E-state index contributed by atoms with van der Waals surface area (Å²) in [6.07, 6.45) is 0. The Hall–Kier alpha value is -1.62. The third kappa shape index (κ3) is 2.82. The summed E-state index contributed by atoms with van der Waals surface area (Å²) in [7, 11) is 3.92. The first kappa shape index (κ1) is 15.3. The van der Waals surface area contributed by atoms with Gasteiger partial charge in [-0.1, -0.05) is 30.3 Å². The number of hydrogen-bond donors (Lipinski definition) is 1. The lowest BCUT2D eigenvalue weighted by Crippen LogP contribution is -2.47. The van der Waals surface area contributed by atoms with Gasteiger partial charge in [0.15, 0.2) is 0 Å². The molecule has 0 spiro atoms. The first-order valence-corrected chi connectivity index (χ1v) is 7.93. The molecule has 2 aromatic carbocycles. The van der Waals surface area contributed by atoms with Crippen LogP contribution in [-0.2, 0) is 0 Å². The quantitative estimate of drug-likeness (QED) is 0.939. The Bertz CT molecular complexity index is 635. The molecule has 0 bridgehead atoms. The van der Waals surface area contributed by atoms with Crippen LogP contribution in [0.3, 0.4) is 0 Å². The van der Waals surface area contributed by atoms with Crippen LogP contribution in [0.2, 0.25) is 0 Å². The van der Waals surface area contributed by atoms with Gasteiger partial charge in [0.2, 0.25) is 0 Å². The summed E-state index contributed by atoms with van der Waals surface area (Å²) in [5.41, 5.74) is 7.40. The predicted octanol–water partition coefficient (Wildman–Crippen LogP) is 2.10. The lowest BCUT2D eigenvalue weighted by Gasteiger charge is -2.38. The number of nitrogens with zero attached hydrogens (tertiary/aromatic N) is 2. The zero-order valence-electron chi connectivity index (χ0n) is 13.5. The zero-order valence-corrected chi connectivity index (χ0v) is 13.5. The van der Waals surface area contributed by atoms with E-state index in [0.717, 1.165) is 31.9 Å². The van der Waals surface area contributed by atoms with E-state index in [1.165, 1.54) is 16.3 Å². The Morgan fingerprint density at radius 1 is 1.09 bits per heavy atom. The molecule has 0 amide bonds. The molecule has 4 nitrogen and oxygen atoms in total. The number of fused-ring (bicyclic) bond motifs is 1. The second-order valence-corrected chi connectivity index (χ2v) is 5.99. The summed E-state index contributed by atoms with van der Waals surface area (Å²) in [5.74, 6) is 0.938. The molecular formula is C18H25N3O. The van der Waals surface area contributed by atoms with Crippen LogP contribution in [0.4, 0.5) is 0 Å². The van der Waals surface area contributed by atoms with E-state index in [9.17, 15) is 0 Å². The Morgan fingerprint density at radius 2 is 1.82 bits per heavy atom. The van der Waals surface area contributed by atoms with Gasteiger partial charge in [0.25, 0.3) is 0 Å². The number of benzene rings is 2. The van der Waals surface area contributed by atoms with Gasteiger partial charge < -0.3 is 15.4 Å². The van der Waals surface area contributed by atoms with E-state index in [0.29, 0.717) is 6.54 Å². The van der Waals surface area contributed by atoms with Crippen molar-refractivity contribution in [3.8, 4) is 5.75 Å². The van der Waals surface area contributed by atoms with E-state index in [1.807, 2.05) is 0 Å². The number of likely N-dealkylation sites (N-methyl/N-ethyl adjacent to an activating group) is 1. The largest absolute Gasteiger partial charge is 0.496 e. The number of nitrogens with two attached hydrogens (primary N) is 1. The minimum Gasteiger partial charge on any atom is -0.496 e. The van der Waals surface area contributed by atoms with Crippen molar-refractivity contribution in [3.05, 3.63) is 42.0 Å². The summed E-state index contributed by atoms with van der Waals surface area (Å²) in [4.78, 5) is 4.86. The molecule has 1 unspecified atom stereocenters. The van der Waals surface area contributed by atoms with Crippen molar-refractivity contribution in [3.63, 3.8) is 0 Å². The van der Waals surface area contributed by atoms with Gasteiger partial charge in [-0.25, -0.2) is 0 Å². The molecule has 0 aliphatic carbocycles. The Balaban J connectivity index is 2.05. The molecular weight excluding hydrogens is 274 g/mol. The van der Waals surface area contributed by atoms with Gasteiger partial charge in [-0.2, -0.15) is 0 Å². The summed E-state index contributed by atoms with van der Waals surface area (Å²) < 4.78 is 5.66. The molecule has 0 aromatic heterocycles. The van der Waals surface area contributed by atoms with Gasteiger partial charge in [0.1, 0.15) is 5.75 Å². The van der Waals surface area contributed by atoms with Crippen LogP contribution in [0.25, 0.3) is 10.8 Å². The van der Waals surface area contributed by atoms with Crippen LogP contribution in [0.15, 0.2) is 36.4 Å². The lowest BCUT2D eigenvalue weighted by atomic mass is 9.96. The third-order valence-electron chi connectivity index (χ3n) is 4.69. The van der Waals surface area contributed by atoms with E-state index >= 15 is 0 Å². The van der Waals surface area contributed by atoms with Crippen molar-refractivity contribution in [1.82, 2.24) is 9.80 Å². The van der Waals surface area contributed by atoms with E-state index in [4.69, 9.17) is 10.5 Å². The number of hydrogen-bond acceptors (Lipinski definition) is 4. The molecule has 0 saturated carbocycles. The smallest absolute Gasteiger partial charge is 0.124 e. The van der Waals surface area contributed by atoms with Gasteiger partial charge in [-0.15, -0.1) is 0 Å². The Morgan fingerprint density at radius 3 is 2.50 bits per heavy atom. The second-order valence-electron chi connectivity index (χ2n) is 5.99. The summed E-state index contributed by atoms with van der Waals surface area (Å²) in [5, 5.41) is 2.49. The fourth-order valence-electron chi connectivity index (χ4n) is 3.38. The van der Waals surface area contributed by atoms with E-state index in [2.05, 4.69) is 53.2 Å². The van der Waals surface area contributed by atoms with Gasteiger partial charge in [-0.3, -0.25) is 4.90 Å². The van der Waals surface area contributed by atoms with Crippen LogP contribution in [0, 0.1) is 0 Å². The van der Waals surface area contributed by atoms with Crippen LogP contribution >= 0.6 is 0 Å². The molecule has 1 aliphatic rings. The maximum absolute atomic E-state index is 6.17. The number of methoxy groups -OCH3 is 1. The average molecular weight is 299 g/mol. The fourth-order valence-corrected chi connectivity index (χ4v) is 3.38. The molecule has 1 aliphatic heterocycles. The zero-order chi connectivity index (χ0) is 15.5. The molecule has 1 atom stereocenters.